The first-order valence-electron chi connectivity index (χ1n) is 6.18. The van der Waals surface area contributed by atoms with Crippen LogP contribution in [0.15, 0.2) is 0 Å². The summed E-state index contributed by atoms with van der Waals surface area (Å²) < 4.78 is 5.18. The number of carbonyl (C=O) groups is 1. The molecule has 1 heterocycles. The van der Waals surface area contributed by atoms with E-state index in [1.54, 1.807) is 0 Å². The number of rotatable bonds is 6. The van der Waals surface area contributed by atoms with Crippen molar-refractivity contribution in [1.29, 1.82) is 0 Å². The number of hydrogen-bond donors (Lipinski definition) is 1. The number of hydrogen-bond acceptors (Lipinski definition) is 2. The van der Waals surface area contributed by atoms with Crippen LogP contribution in [0.4, 0.5) is 0 Å². The number of nitrogens with one attached hydrogen (secondary N) is 1. The summed E-state index contributed by atoms with van der Waals surface area (Å²) in [4.78, 5) is 11.7. The molecule has 1 aliphatic rings. The Hall–Kier alpha value is -0.280. The van der Waals surface area contributed by atoms with Gasteiger partial charge in [-0.25, -0.2) is 0 Å². The minimum absolute atomic E-state index is 0.0329. The lowest BCUT2D eigenvalue weighted by molar-refractivity contribution is -0.124. The second-order valence-electron chi connectivity index (χ2n) is 4.40. The lowest BCUT2D eigenvalue weighted by Crippen LogP contribution is -2.37. The van der Waals surface area contributed by atoms with Gasteiger partial charge in [0.2, 0.25) is 5.91 Å². The van der Waals surface area contributed by atoms with E-state index in [-0.39, 0.29) is 17.2 Å². The maximum Gasteiger partial charge on any atom is 0.225 e. The molecular weight excluding hydrogens is 226 g/mol. The van der Waals surface area contributed by atoms with E-state index in [1.807, 2.05) is 0 Å². The van der Waals surface area contributed by atoms with Crippen molar-refractivity contribution in [2.24, 2.45) is 11.8 Å². The Labute approximate surface area is 103 Å². The van der Waals surface area contributed by atoms with Crippen LogP contribution < -0.4 is 5.32 Å². The number of carbonyl (C=O) groups excluding carboxylic acids is 1. The molecule has 1 aliphatic heterocycles. The van der Waals surface area contributed by atoms with Gasteiger partial charge in [0, 0.05) is 13.2 Å². The van der Waals surface area contributed by atoms with Crippen LogP contribution in [0.1, 0.15) is 33.1 Å². The predicted octanol–water partition coefficient (Wildman–Crippen LogP) is 2.18. The Morgan fingerprint density at radius 3 is 2.69 bits per heavy atom. The smallest absolute Gasteiger partial charge is 0.225 e. The van der Waals surface area contributed by atoms with Crippen molar-refractivity contribution in [3.8, 4) is 0 Å². The molecule has 1 N–H and O–H groups in total. The average Bonchev–Trinajstić information content (AvgIpc) is 2.81. The first kappa shape index (κ1) is 13.8. The Morgan fingerprint density at radius 2 is 2.19 bits per heavy atom. The third-order valence-corrected chi connectivity index (χ3v) is 3.84. The standard InChI is InChI=1S/C12H22ClNO2/c1-3-9(4-2)11(13)7-14-12(15)10-5-6-16-8-10/h9-11H,3-8H2,1-2H3,(H,14,15). The van der Waals surface area contributed by atoms with Crippen molar-refractivity contribution in [3.05, 3.63) is 0 Å². The minimum atomic E-state index is 0.0329. The maximum atomic E-state index is 11.7. The molecule has 16 heavy (non-hydrogen) atoms. The number of halogens is 1. The van der Waals surface area contributed by atoms with Crippen LogP contribution in [0, 0.1) is 11.8 Å². The second-order valence-corrected chi connectivity index (χ2v) is 4.96. The van der Waals surface area contributed by atoms with Gasteiger partial charge in [0.05, 0.1) is 17.9 Å². The zero-order chi connectivity index (χ0) is 12.0. The minimum Gasteiger partial charge on any atom is -0.381 e. The number of ether oxygens (including phenoxy) is 1. The molecule has 2 atom stereocenters. The molecule has 0 spiro atoms. The highest BCUT2D eigenvalue weighted by Gasteiger charge is 2.24. The quantitative estimate of drug-likeness (QED) is 0.731. The lowest BCUT2D eigenvalue weighted by Gasteiger charge is -2.20. The molecule has 0 saturated carbocycles. The highest BCUT2D eigenvalue weighted by Crippen LogP contribution is 2.18. The van der Waals surface area contributed by atoms with Crippen LogP contribution in [-0.2, 0) is 9.53 Å². The largest absolute Gasteiger partial charge is 0.381 e. The van der Waals surface area contributed by atoms with E-state index in [2.05, 4.69) is 19.2 Å². The molecule has 1 fully saturated rings. The summed E-state index contributed by atoms with van der Waals surface area (Å²) >= 11 is 6.25. The van der Waals surface area contributed by atoms with Gasteiger partial charge in [-0.1, -0.05) is 26.7 Å². The second kappa shape index (κ2) is 7.13. The van der Waals surface area contributed by atoms with E-state index in [9.17, 15) is 4.79 Å². The third kappa shape index (κ3) is 3.95. The highest BCUT2D eigenvalue weighted by molar-refractivity contribution is 6.21. The average molecular weight is 248 g/mol. The predicted molar refractivity (Wildman–Crippen MR) is 65.6 cm³/mol. The van der Waals surface area contributed by atoms with Gasteiger partial charge in [0.1, 0.15) is 0 Å². The summed E-state index contributed by atoms with van der Waals surface area (Å²) in [6.45, 7) is 6.11. The van der Waals surface area contributed by atoms with E-state index >= 15 is 0 Å². The lowest BCUT2D eigenvalue weighted by atomic mass is 9.99. The van der Waals surface area contributed by atoms with Gasteiger partial charge < -0.3 is 10.1 Å². The first-order valence-corrected chi connectivity index (χ1v) is 6.62. The number of alkyl halides is 1. The maximum absolute atomic E-state index is 11.7. The van der Waals surface area contributed by atoms with Gasteiger partial charge in [-0.3, -0.25) is 4.79 Å². The van der Waals surface area contributed by atoms with E-state index < -0.39 is 0 Å². The van der Waals surface area contributed by atoms with Crippen molar-refractivity contribution < 1.29 is 9.53 Å². The summed E-state index contributed by atoms with van der Waals surface area (Å²) in [7, 11) is 0. The molecule has 0 aliphatic carbocycles. The van der Waals surface area contributed by atoms with Gasteiger partial charge in [-0.05, 0) is 12.3 Å². The summed E-state index contributed by atoms with van der Waals surface area (Å²) in [5.74, 6) is 0.612. The number of amides is 1. The van der Waals surface area contributed by atoms with Gasteiger partial charge in [0.25, 0.3) is 0 Å². The fourth-order valence-electron chi connectivity index (χ4n) is 2.05. The normalized spacial score (nSPS) is 22.4. The van der Waals surface area contributed by atoms with Crippen molar-refractivity contribution in [3.63, 3.8) is 0 Å². The van der Waals surface area contributed by atoms with Crippen LogP contribution in [0.3, 0.4) is 0 Å². The Balaban J connectivity index is 2.24. The van der Waals surface area contributed by atoms with Crippen molar-refractivity contribution in [1.82, 2.24) is 5.32 Å². The molecule has 0 radical (unpaired) electrons. The van der Waals surface area contributed by atoms with Crippen LogP contribution in [0.5, 0.6) is 0 Å². The molecule has 4 heteroatoms. The van der Waals surface area contributed by atoms with Gasteiger partial charge in [0.15, 0.2) is 0 Å². The fraction of sp³-hybridized carbons (Fsp3) is 0.917. The van der Waals surface area contributed by atoms with Crippen LogP contribution >= 0.6 is 11.6 Å². The highest BCUT2D eigenvalue weighted by atomic mass is 35.5. The Bertz CT molecular complexity index is 213. The van der Waals surface area contributed by atoms with E-state index in [0.717, 1.165) is 19.3 Å². The topological polar surface area (TPSA) is 38.3 Å². The molecule has 1 saturated heterocycles. The van der Waals surface area contributed by atoms with Gasteiger partial charge in [-0.2, -0.15) is 0 Å². The van der Waals surface area contributed by atoms with Crippen molar-refractivity contribution in [2.75, 3.05) is 19.8 Å². The van der Waals surface area contributed by atoms with Crippen LogP contribution in [0.25, 0.3) is 0 Å². The SMILES string of the molecule is CCC(CC)C(Cl)CNC(=O)C1CCOC1. The molecule has 3 nitrogen and oxygen atoms in total. The van der Waals surface area contributed by atoms with E-state index in [4.69, 9.17) is 16.3 Å². The Morgan fingerprint density at radius 1 is 1.50 bits per heavy atom. The zero-order valence-electron chi connectivity index (χ0n) is 10.2. The summed E-state index contributed by atoms with van der Waals surface area (Å²) in [6.07, 6.45) is 2.96. The molecule has 0 aromatic carbocycles. The zero-order valence-corrected chi connectivity index (χ0v) is 10.9. The molecule has 0 aromatic rings. The van der Waals surface area contributed by atoms with Crippen LogP contribution in [0.2, 0.25) is 0 Å². The first-order chi connectivity index (χ1) is 7.69. The van der Waals surface area contributed by atoms with E-state index in [0.29, 0.717) is 25.7 Å². The van der Waals surface area contributed by atoms with E-state index in [1.165, 1.54) is 0 Å². The van der Waals surface area contributed by atoms with Crippen LogP contribution in [-0.4, -0.2) is 31.0 Å². The molecule has 0 aromatic heterocycles. The van der Waals surface area contributed by atoms with Crippen molar-refractivity contribution >= 4 is 17.5 Å². The molecular formula is C12H22ClNO2. The molecule has 94 valence electrons. The molecule has 2 unspecified atom stereocenters. The van der Waals surface area contributed by atoms with Gasteiger partial charge in [-0.15, -0.1) is 11.6 Å². The third-order valence-electron chi connectivity index (χ3n) is 3.33. The summed E-state index contributed by atoms with van der Waals surface area (Å²) in [5.41, 5.74) is 0. The molecule has 1 amide bonds. The van der Waals surface area contributed by atoms with Crippen molar-refractivity contribution in [2.45, 2.75) is 38.5 Å². The fourth-order valence-corrected chi connectivity index (χ4v) is 2.48. The van der Waals surface area contributed by atoms with Gasteiger partial charge >= 0.3 is 0 Å². The summed E-state index contributed by atoms with van der Waals surface area (Å²) in [5, 5.41) is 2.97. The Kier molecular flexibility index (Phi) is 6.14. The monoisotopic (exact) mass is 247 g/mol. The molecule has 1 rings (SSSR count). The summed E-state index contributed by atoms with van der Waals surface area (Å²) in [6, 6.07) is 0. The molecule has 0 bridgehead atoms.